The number of hydrogen-bond donors (Lipinski definition) is 1. The molecule has 0 saturated heterocycles. The number of hydrogen-bond acceptors (Lipinski definition) is 8. The predicted molar refractivity (Wildman–Crippen MR) is 152 cm³/mol. The van der Waals surface area contributed by atoms with Crippen molar-refractivity contribution >= 4 is 28.5 Å². The first-order chi connectivity index (χ1) is 20.0. The van der Waals surface area contributed by atoms with E-state index in [1.165, 1.54) is 27.7 Å². The van der Waals surface area contributed by atoms with Crippen molar-refractivity contribution < 1.29 is 14.3 Å². The Morgan fingerprint density at radius 2 is 1.78 bits per heavy atom. The summed E-state index contributed by atoms with van der Waals surface area (Å²) in [7, 11) is 1.52. The van der Waals surface area contributed by atoms with Crippen LogP contribution >= 0.6 is 0 Å². The number of rotatable bonds is 11. The number of nitrogens with one attached hydrogen (secondary N) is 1. The number of ether oxygens (including phenoxy) is 1. The van der Waals surface area contributed by atoms with Gasteiger partial charge in [0.1, 0.15) is 35.9 Å². The van der Waals surface area contributed by atoms with Crippen molar-refractivity contribution in [2.45, 2.75) is 32.9 Å². The first-order valence-electron chi connectivity index (χ1n) is 13.3. The Bertz CT molecular complexity index is 1620. The minimum absolute atomic E-state index is 0.139. The maximum Gasteiger partial charge on any atom is 0.249 e. The van der Waals surface area contributed by atoms with E-state index in [9.17, 15) is 9.59 Å². The first-order valence-corrected chi connectivity index (χ1v) is 13.3. The van der Waals surface area contributed by atoms with Crippen LogP contribution in [0.25, 0.3) is 16.7 Å². The van der Waals surface area contributed by atoms with E-state index in [1.807, 2.05) is 54.6 Å². The highest BCUT2D eigenvalue weighted by Gasteiger charge is 2.33. The molecule has 0 spiro atoms. The summed E-state index contributed by atoms with van der Waals surface area (Å²) in [5.74, 6) is 0.181. The lowest BCUT2D eigenvalue weighted by molar-refractivity contribution is -0.127. The van der Waals surface area contributed by atoms with Gasteiger partial charge in [-0.25, -0.2) is 4.68 Å². The highest BCUT2D eigenvalue weighted by atomic mass is 16.5. The number of nitrogens with zero attached hydrogens (tertiary/aromatic N) is 8. The van der Waals surface area contributed by atoms with E-state index in [2.05, 4.69) is 45.0 Å². The maximum absolute atomic E-state index is 14.2. The minimum Gasteiger partial charge on any atom is -0.494 e. The summed E-state index contributed by atoms with van der Waals surface area (Å²) in [6, 6.07) is 20.9. The van der Waals surface area contributed by atoms with Crippen LogP contribution in [0.1, 0.15) is 31.9 Å². The zero-order valence-electron chi connectivity index (χ0n) is 23.1. The van der Waals surface area contributed by atoms with Crippen molar-refractivity contribution in [1.29, 1.82) is 0 Å². The third kappa shape index (κ3) is 6.06. The van der Waals surface area contributed by atoms with Crippen LogP contribution in [0.4, 0.5) is 5.69 Å². The van der Waals surface area contributed by atoms with Crippen LogP contribution in [-0.2, 0) is 16.1 Å². The Kier molecular flexibility index (Phi) is 8.28. The Morgan fingerprint density at radius 3 is 2.51 bits per heavy atom. The number of para-hydroxylation sites is 1. The largest absolute Gasteiger partial charge is 0.494 e. The molecule has 2 amide bonds. The summed E-state index contributed by atoms with van der Waals surface area (Å²) >= 11 is 0. The van der Waals surface area contributed by atoms with Crippen molar-refractivity contribution in [3.05, 3.63) is 84.7 Å². The highest BCUT2D eigenvalue weighted by Crippen LogP contribution is 2.34. The standard InChI is InChI=1S/C29H31N9O3/c1-20(2)15-16-30-29(40)28(21-9-5-4-6-10-21)38(27(39)18-36-24-12-8-7-11-23(24)32-34-36)22-13-14-25(26(17-22)41-3)37-19-31-33-35-37/h4-14,17,19-20,28H,15-16,18H2,1-3H3,(H,30,40). The summed E-state index contributed by atoms with van der Waals surface area (Å²) in [5.41, 5.74) is 3.08. The van der Waals surface area contributed by atoms with Gasteiger partial charge in [0.25, 0.3) is 0 Å². The molecule has 3 aromatic carbocycles. The number of aromatic nitrogens is 7. The van der Waals surface area contributed by atoms with Crippen molar-refractivity contribution in [1.82, 2.24) is 40.5 Å². The fourth-order valence-electron chi connectivity index (χ4n) is 4.59. The molecule has 1 atom stereocenters. The second-order valence-electron chi connectivity index (χ2n) is 9.90. The van der Waals surface area contributed by atoms with Gasteiger partial charge in [0.2, 0.25) is 11.8 Å². The van der Waals surface area contributed by atoms with Crippen molar-refractivity contribution in [2.24, 2.45) is 5.92 Å². The molecule has 0 fully saturated rings. The molecule has 0 aliphatic heterocycles. The van der Waals surface area contributed by atoms with E-state index in [4.69, 9.17) is 4.74 Å². The Labute approximate surface area is 236 Å². The summed E-state index contributed by atoms with van der Waals surface area (Å²) < 4.78 is 8.66. The van der Waals surface area contributed by atoms with Gasteiger partial charge in [0.15, 0.2) is 0 Å². The summed E-state index contributed by atoms with van der Waals surface area (Å²) in [6.45, 7) is 4.53. The molecule has 0 aliphatic carbocycles. The smallest absolute Gasteiger partial charge is 0.249 e. The summed E-state index contributed by atoms with van der Waals surface area (Å²) in [6.07, 6.45) is 2.26. The van der Waals surface area contributed by atoms with Gasteiger partial charge in [-0.2, -0.15) is 4.68 Å². The van der Waals surface area contributed by atoms with Gasteiger partial charge in [-0.05, 0) is 52.6 Å². The van der Waals surface area contributed by atoms with Gasteiger partial charge in [-0.3, -0.25) is 14.5 Å². The highest BCUT2D eigenvalue weighted by molar-refractivity contribution is 6.01. The Balaban J connectivity index is 1.60. The van der Waals surface area contributed by atoms with Gasteiger partial charge in [0.05, 0.1) is 12.6 Å². The number of fused-ring (bicyclic) bond motifs is 1. The summed E-state index contributed by atoms with van der Waals surface area (Å²) in [5, 5.41) is 22.8. The number of tetrazole rings is 1. The molecule has 5 rings (SSSR count). The fourth-order valence-corrected chi connectivity index (χ4v) is 4.59. The number of anilines is 1. The van der Waals surface area contributed by atoms with E-state index < -0.39 is 6.04 Å². The number of methoxy groups -OCH3 is 1. The Hall–Kier alpha value is -5.13. The lowest BCUT2D eigenvalue weighted by Crippen LogP contribution is -2.45. The Morgan fingerprint density at radius 1 is 1.00 bits per heavy atom. The maximum atomic E-state index is 14.2. The molecule has 12 heteroatoms. The van der Waals surface area contributed by atoms with Crippen LogP contribution in [0.2, 0.25) is 0 Å². The second kappa shape index (κ2) is 12.4. The van der Waals surface area contributed by atoms with Crippen molar-refractivity contribution in [3.63, 3.8) is 0 Å². The number of amides is 2. The molecule has 1 N–H and O–H groups in total. The average Bonchev–Trinajstić information content (AvgIpc) is 3.66. The lowest BCUT2D eigenvalue weighted by atomic mass is 10.0. The molecule has 2 heterocycles. The SMILES string of the molecule is COc1cc(N(C(=O)Cn2nnc3ccccc32)C(C(=O)NCCC(C)C)c2ccccc2)ccc1-n1cnnn1. The molecule has 5 aromatic rings. The second-order valence-corrected chi connectivity index (χ2v) is 9.90. The zero-order chi connectivity index (χ0) is 28.8. The summed E-state index contributed by atoms with van der Waals surface area (Å²) in [4.78, 5) is 29.6. The topological polar surface area (TPSA) is 133 Å². The lowest BCUT2D eigenvalue weighted by Gasteiger charge is -2.32. The molecule has 0 bridgehead atoms. The fraction of sp³-hybridized carbons (Fsp3) is 0.276. The van der Waals surface area contributed by atoms with E-state index in [0.29, 0.717) is 46.2 Å². The van der Waals surface area contributed by atoms with Gasteiger partial charge < -0.3 is 10.1 Å². The van der Waals surface area contributed by atoms with Crippen LogP contribution in [0.15, 0.2) is 79.1 Å². The van der Waals surface area contributed by atoms with Crippen LogP contribution < -0.4 is 15.0 Å². The van der Waals surface area contributed by atoms with Crippen LogP contribution in [0, 0.1) is 5.92 Å². The molecule has 210 valence electrons. The predicted octanol–water partition coefficient (Wildman–Crippen LogP) is 3.35. The molecule has 0 aliphatic rings. The van der Waals surface area contributed by atoms with E-state index in [0.717, 1.165) is 6.42 Å². The number of carbonyl (C=O) groups excluding carboxylic acids is 2. The number of carbonyl (C=O) groups is 2. The molecular formula is C29H31N9O3. The zero-order valence-corrected chi connectivity index (χ0v) is 23.1. The van der Waals surface area contributed by atoms with Crippen molar-refractivity contribution in [3.8, 4) is 11.4 Å². The molecule has 0 radical (unpaired) electrons. The van der Waals surface area contributed by atoms with Gasteiger partial charge in [-0.15, -0.1) is 10.2 Å². The van der Waals surface area contributed by atoms with Gasteiger partial charge in [0, 0.05) is 18.3 Å². The minimum atomic E-state index is -0.964. The van der Waals surface area contributed by atoms with Crippen LogP contribution in [-0.4, -0.2) is 60.7 Å². The molecule has 0 saturated carbocycles. The van der Waals surface area contributed by atoms with Crippen LogP contribution in [0.3, 0.4) is 0 Å². The molecule has 1 unspecified atom stereocenters. The van der Waals surface area contributed by atoms with E-state index in [1.54, 1.807) is 18.2 Å². The molecule has 2 aromatic heterocycles. The molecule has 41 heavy (non-hydrogen) atoms. The van der Waals surface area contributed by atoms with Crippen LogP contribution in [0.5, 0.6) is 5.75 Å². The monoisotopic (exact) mass is 553 g/mol. The third-order valence-corrected chi connectivity index (χ3v) is 6.65. The number of benzene rings is 3. The first kappa shape index (κ1) is 27.4. The van der Waals surface area contributed by atoms with Gasteiger partial charge >= 0.3 is 0 Å². The quantitative estimate of drug-likeness (QED) is 0.263. The van der Waals surface area contributed by atoms with E-state index >= 15 is 0 Å². The van der Waals surface area contributed by atoms with E-state index in [-0.39, 0.29) is 18.4 Å². The average molecular weight is 554 g/mol. The molecule has 12 nitrogen and oxygen atoms in total. The van der Waals surface area contributed by atoms with Crippen molar-refractivity contribution in [2.75, 3.05) is 18.6 Å². The normalized spacial score (nSPS) is 11.9. The van der Waals surface area contributed by atoms with Gasteiger partial charge in [-0.1, -0.05) is 61.5 Å². The third-order valence-electron chi connectivity index (χ3n) is 6.65. The molecular weight excluding hydrogens is 522 g/mol.